The van der Waals surface area contributed by atoms with E-state index in [2.05, 4.69) is 21.5 Å². The molecule has 4 rings (SSSR count). The minimum atomic E-state index is -0.254. The number of amides is 1. The summed E-state index contributed by atoms with van der Waals surface area (Å²) in [4.78, 5) is 17.3. The van der Waals surface area contributed by atoms with Gasteiger partial charge in [0.15, 0.2) is 11.6 Å². The third-order valence-corrected chi connectivity index (χ3v) is 4.80. The molecule has 4 aromatic rings. The Kier molecular flexibility index (Phi) is 5.14. The molecule has 1 N–H and O–H groups in total. The number of methoxy groups -OCH3 is 1. The maximum absolute atomic E-state index is 12.7. The smallest absolute Gasteiger partial charge is 0.229 e. The number of aryl methyl sites for hydroxylation is 1. The molecule has 0 aliphatic rings. The average molecular weight is 397 g/mol. The van der Waals surface area contributed by atoms with E-state index in [-0.39, 0.29) is 17.9 Å². The van der Waals surface area contributed by atoms with Gasteiger partial charge in [-0.2, -0.15) is 15.0 Å². The summed E-state index contributed by atoms with van der Waals surface area (Å²) in [5.41, 5.74) is 2.94. The highest BCUT2D eigenvalue weighted by Crippen LogP contribution is 2.24. The third kappa shape index (κ3) is 3.71. The molecule has 0 spiro atoms. The summed E-state index contributed by atoms with van der Waals surface area (Å²) in [5, 5.41) is 17.6. The number of aromatic nitrogens is 3. The predicted molar refractivity (Wildman–Crippen MR) is 114 cm³/mol. The van der Waals surface area contributed by atoms with Gasteiger partial charge < -0.3 is 10.1 Å². The van der Waals surface area contributed by atoms with Crippen LogP contribution < -0.4 is 10.1 Å². The lowest BCUT2D eigenvalue weighted by atomic mass is 10.1. The minimum absolute atomic E-state index is 0.157. The Labute approximate surface area is 173 Å². The maximum atomic E-state index is 12.7. The van der Waals surface area contributed by atoms with E-state index in [0.29, 0.717) is 11.6 Å². The normalized spacial score (nSPS) is 10.6. The number of nitrogens with zero attached hydrogens (tertiary/aromatic N) is 4. The Balaban J connectivity index is 1.65. The van der Waals surface area contributed by atoms with Gasteiger partial charge in [-0.05, 0) is 42.3 Å². The second kappa shape index (κ2) is 8.05. The predicted octanol–water partition coefficient (Wildman–Crippen LogP) is 3.79. The van der Waals surface area contributed by atoms with Crippen LogP contribution in [0.25, 0.3) is 16.7 Å². The molecule has 0 fully saturated rings. The first-order chi connectivity index (χ1) is 14.6. The number of carbonyl (C=O) groups is 1. The first-order valence-corrected chi connectivity index (χ1v) is 9.36. The van der Waals surface area contributed by atoms with Crippen molar-refractivity contribution < 1.29 is 9.53 Å². The molecule has 7 heteroatoms. The number of rotatable bonds is 5. The summed E-state index contributed by atoms with van der Waals surface area (Å²) >= 11 is 0. The molecule has 2 heterocycles. The number of carbonyl (C=O) groups excluding carboxylic acids is 1. The zero-order chi connectivity index (χ0) is 21.1. The van der Waals surface area contributed by atoms with E-state index in [1.54, 1.807) is 19.2 Å². The molecule has 0 unspecified atom stereocenters. The van der Waals surface area contributed by atoms with Crippen LogP contribution in [-0.2, 0) is 11.2 Å². The van der Waals surface area contributed by atoms with Crippen molar-refractivity contribution in [1.29, 1.82) is 5.26 Å². The van der Waals surface area contributed by atoms with E-state index in [1.807, 2.05) is 49.4 Å². The summed E-state index contributed by atoms with van der Waals surface area (Å²) in [6, 6.07) is 19.0. The fourth-order valence-corrected chi connectivity index (χ4v) is 3.27. The zero-order valence-corrected chi connectivity index (χ0v) is 16.6. The maximum Gasteiger partial charge on any atom is 0.229 e. The number of ether oxygens (including phenoxy) is 1. The Morgan fingerprint density at radius 1 is 1.20 bits per heavy atom. The first kappa shape index (κ1) is 19.2. The summed E-state index contributed by atoms with van der Waals surface area (Å²) in [6.45, 7) is 1.99. The number of anilines is 1. The monoisotopic (exact) mass is 397 g/mol. The van der Waals surface area contributed by atoms with E-state index in [0.717, 1.165) is 27.8 Å². The molecule has 2 aromatic heterocycles. The number of fused-ring (bicyclic) bond motifs is 1. The van der Waals surface area contributed by atoms with Gasteiger partial charge in [-0.1, -0.05) is 30.3 Å². The lowest BCUT2D eigenvalue weighted by Crippen LogP contribution is -2.18. The van der Waals surface area contributed by atoms with Gasteiger partial charge in [0.25, 0.3) is 0 Å². The number of pyridine rings is 1. The van der Waals surface area contributed by atoms with Crippen LogP contribution in [0.5, 0.6) is 5.75 Å². The molecule has 0 atom stereocenters. The number of hydrogen-bond donors (Lipinski definition) is 1. The van der Waals surface area contributed by atoms with Crippen LogP contribution in [0.2, 0.25) is 0 Å². The summed E-state index contributed by atoms with van der Waals surface area (Å²) in [7, 11) is 1.59. The highest BCUT2D eigenvalue weighted by Gasteiger charge is 2.17. The molecule has 7 nitrogen and oxygen atoms in total. The van der Waals surface area contributed by atoms with Crippen molar-refractivity contribution in [3.63, 3.8) is 0 Å². The largest absolute Gasteiger partial charge is 0.497 e. The van der Waals surface area contributed by atoms with Gasteiger partial charge in [0.05, 0.1) is 25.2 Å². The Hall–Kier alpha value is -4.18. The number of benzene rings is 2. The van der Waals surface area contributed by atoms with Gasteiger partial charge in [0, 0.05) is 5.39 Å². The van der Waals surface area contributed by atoms with Crippen LogP contribution in [0.4, 0.5) is 5.82 Å². The molecule has 148 valence electrons. The van der Waals surface area contributed by atoms with E-state index < -0.39 is 0 Å². The molecule has 0 aliphatic carbocycles. The molecule has 2 aromatic carbocycles. The lowest BCUT2D eigenvalue weighted by Gasteiger charge is -2.11. The molecule has 0 bridgehead atoms. The quantitative estimate of drug-likeness (QED) is 0.553. The molecule has 0 saturated carbocycles. The molecule has 30 heavy (non-hydrogen) atoms. The van der Waals surface area contributed by atoms with Crippen molar-refractivity contribution in [3.8, 4) is 17.6 Å². The van der Waals surface area contributed by atoms with Crippen LogP contribution in [0.1, 0.15) is 16.7 Å². The van der Waals surface area contributed by atoms with Crippen molar-refractivity contribution in [2.75, 3.05) is 12.4 Å². The van der Waals surface area contributed by atoms with Crippen molar-refractivity contribution in [3.05, 3.63) is 77.5 Å². The second-order valence-electron chi connectivity index (χ2n) is 6.82. The minimum Gasteiger partial charge on any atom is -0.497 e. The first-order valence-electron chi connectivity index (χ1n) is 9.36. The van der Waals surface area contributed by atoms with Crippen LogP contribution in [-0.4, -0.2) is 27.8 Å². The molecule has 0 aliphatic heterocycles. The summed E-state index contributed by atoms with van der Waals surface area (Å²) in [5.74, 6) is 1.31. The standard InChI is InChI=1S/C23H19N5O2/c1-15-11-21(26-20-6-4-3-5-19(15)20)28-23(17(13-24)14-25-28)27-22(29)12-16-7-9-18(30-2)10-8-16/h3-11,14H,12H2,1-2H3,(H,27,29). The Morgan fingerprint density at radius 3 is 2.70 bits per heavy atom. The number of nitriles is 1. The fraction of sp³-hybridized carbons (Fsp3) is 0.130. The van der Waals surface area contributed by atoms with E-state index in [9.17, 15) is 10.1 Å². The molecular weight excluding hydrogens is 378 g/mol. The van der Waals surface area contributed by atoms with Gasteiger partial charge in [-0.25, -0.2) is 4.98 Å². The highest BCUT2D eigenvalue weighted by atomic mass is 16.5. The van der Waals surface area contributed by atoms with Crippen molar-refractivity contribution in [2.45, 2.75) is 13.3 Å². The van der Waals surface area contributed by atoms with Gasteiger partial charge in [0.2, 0.25) is 5.91 Å². The number of nitrogens with one attached hydrogen (secondary N) is 1. The Bertz CT molecular complexity index is 1270. The third-order valence-electron chi connectivity index (χ3n) is 4.80. The summed E-state index contributed by atoms with van der Waals surface area (Å²) in [6.07, 6.45) is 1.58. The summed E-state index contributed by atoms with van der Waals surface area (Å²) < 4.78 is 6.63. The molecular formula is C23H19N5O2. The van der Waals surface area contributed by atoms with E-state index >= 15 is 0 Å². The molecule has 1 amide bonds. The SMILES string of the molecule is COc1ccc(CC(=O)Nc2c(C#N)cnn2-c2cc(C)c3ccccc3n2)cc1. The molecule has 0 radical (unpaired) electrons. The number of para-hydroxylation sites is 1. The highest BCUT2D eigenvalue weighted by molar-refractivity contribution is 5.93. The average Bonchev–Trinajstić information content (AvgIpc) is 3.16. The lowest BCUT2D eigenvalue weighted by molar-refractivity contribution is -0.115. The van der Waals surface area contributed by atoms with Crippen LogP contribution >= 0.6 is 0 Å². The Morgan fingerprint density at radius 2 is 1.97 bits per heavy atom. The van der Waals surface area contributed by atoms with E-state index in [4.69, 9.17) is 4.74 Å². The number of hydrogen-bond acceptors (Lipinski definition) is 5. The molecule has 0 saturated heterocycles. The van der Waals surface area contributed by atoms with Crippen LogP contribution in [0.3, 0.4) is 0 Å². The fourth-order valence-electron chi connectivity index (χ4n) is 3.27. The van der Waals surface area contributed by atoms with Gasteiger partial charge >= 0.3 is 0 Å². The van der Waals surface area contributed by atoms with E-state index in [1.165, 1.54) is 10.9 Å². The van der Waals surface area contributed by atoms with Gasteiger partial charge in [-0.3, -0.25) is 4.79 Å². The van der Waals surface area contributed by atoms with Crippen molar-refractivity contribution >= 4 is 22.6 Å². The van der Waals surface area contributed by atoms with Crippen molar-refractivity contribution in [2.24, 2.45) is 0 Å². The van der Waals surface area contributed by atoms with Gasteiger partial charge in [0.1, 0.15) is 17.4 Å². The topological polar surface area (TPSA) is 92.8 Å². The second-order valence-corrected chi connectivity index (χ2v) is 6.82. The van der Waals surface area contributed by atoms with Crippen molar-refractivity contribution in [1.82, 2.24) is 14.8 Å². The van der Waals surface area contributed by atoms with Gasteiger partial charge in [-0.15, -0.1) is 0 Å². The van der Waals surface area contributed by atoms with Crippen LogP contribution in [0.15, 0.2) is 60.8 Å². The zero-order valence-electron chi connectivity index (χ0n) is 16.6. The van der Waals surface area contributed by atoms with Crippen LogP contribution in [0, 0.1) is 18.3 Å².